The molecule has 1 fully saturated rings. The summed E-state index contributed by atoms with van der Waals surface area (Å²) in [5.74, 6) is -0.236. The molecule has 2 aromatic rings. The second-order valence-corrected chi connectivity index (χ2v) is 8.23. The molecule has 0 spiro atoms. The molecule has 4 rings (SSSR count). The number of anilines is 1. The molecule has 8 heteroatoms. The number of rotatable bonds is 8. The third-order valence-corrected chi connectivity index (χ3v) is 6.05. The van der Waals surface area contributed by atoms with Gasteiger partial charge in [0.1, 0.15) is 23.2 Å². The van der Waals surface area contributed by atoms with E-state index in [0.717, 1.165) is 0 Å². The molecule has 6 nitrogen and oxygen atoms in total. The molecular formula is C24H25F2N3O3. The summed E-state index contributed by atoms with van der Waals surface area (Å²) in [5.41, 5.74) is 0.512. The largest absolute Gasteiger partial charge is 0.489 e. The Morgan fingerprint density at radius 2 is 2.19 bits per heavy atom. The van der Waals surface area contributed by atoms with Gasteiger partial charge in [-0.1, -0.05) is 12.1 Å². The van der Waals surface area contributed by atoms with Gasteiger partial charge in [-0.15, -0.1) is 0 Å². The van der Waals surface area contributed by atoms with Crippen LogP contribution in [0.1, 0.15) is 24.4 Å². The summed E-state index contributed by atoms with van der Waals surface area (Å²) in [4.78, 5) is 21.6. The highest BCUT2D eigenvalue weighted by Crippen LogP contribution is 2.60. The highest BCUT2D eigenvalue weighted by atomic mass is 19.1. The van der Waals surface area contributed by atoms with Gasteiger partial charge in [0.15, 0.2) is 5.75 Å². The molecule has 3 atom stereocenters. The number of benzene rings is 1. The molecule has 1 aromatic carbocycles. The Morgan fingerprint density at radius 1 is 1.34 bits per heavy atom. The summed E-state index contributed by atoms with van der Waals surface area (Å²) in [6, 6.07) is 5.78. The predicted molar refractivity (Wildman–Crippen MR) is 115 cm³/mol. The Hall–Kier alpha value is -3.13. The number of halogens is 2. The van der Waals surface area contributed by atoms with E-state index in [9.17, 15) is 13.6 Å². The number of allylic oxidation sites excluding steroid dienone is 4. The van der Waals surface area contributed by atoms with E-state index in [1.54, 1.807) is 38.4 Å². The van der Waals surface area contributed by atoms with Crippen molar-refractivity contribution in [3.8, 4) is 5.75 Å². The minimum absolute atomic E-state index is 0.0671. The maximum Gasteiger partial charge on any atom is 0.228 e. The maximum atomic E-state index is 13.6. The Morgan fingerprint density at radius 3 is 2.91 bits per heavy atom. The number of methoxy groups -OCH3 is 1. The molecule has 1 saturated carbocycles. The zero-order chi connectivity index (χ0) is 22.7. The number of nitrogens with zero attached hydrogens (tertiary/aromatic N) is 2. The number of aromatic nitrogens is 2. The molecule has 0 radical (unpaired) electrons. The fraction of sp³-hybridized carbons (Fsp3) is 0.375. The molecule has 1 amide bonds. The van der Waals surface area contributed by atoms with Crippen molar-refractivity contribution < 1.29 is 23.0 Å². The first-order valence-electron chi connectivity index (χ1n) is 10.5. The summed E-state index contributed by atoms with van der Waals surface area (Å²) >= 11 is 0. The van der Waals surface area contributed by atoms with Crippen LogP contribution in [-0.2, 0) is 16.1 Å². The van der Waals surface area contributed by atoms with Crippen molar-refractivity contribution >= 4 is 11.6 Å². The van der Waals surface area contributed by atoms with E-state index in [1.807, 2.05) is 0 Å². The number of nitrogens with one attached hydrogen (secondary N) is 1. The predicted octanol–water partition coefficient (Wildman–Crippen LogP) is 4.52. The van der Waals surface area contributed by atoms with Crippen molar-refractivity contribution in [1.82, 2.24) is 9.97 Å². The van der Waals surface area contributed by atoms with Crippen molar-refractivity contribution in [2.75, 3.05) is 19.0 Å². The molecule has 2 aliphatic carbocycles. The van der Waals surface area contributed by atoms with Crippen LogP contribution < -0.4 is 10.1 Å². The summed E-state index contributed by atoms with van der Waals surface area (Å²) in [7, 11) is 1.57. The highest BCUT2D eigenvalue weighted by molar-refractivity contribution is 5.95. The van der Waals surface area contributed by atoms with Gasteiger partial charge in [0, 0.05) is 24.1 Å². The summed E-state index contributed by atoms with van der Waals surface area (Å²) in [5, 5.41) is 2.79. The molecule has 168 valence electrons. The molecule has 1 N–H and O–H groups in total. The van der Waals surface area contributed by atoms with Gasteiger partial charge < -0.3 is 14.8 Å². The van der Waals surface area contributed by atoms with Gasteiger partial charge in [0.05, 0.1) is 19.4 Å². The second kappa shape index (κ2) is 9.16. The quantitative estimate of drug-likeness (QED) is 0.652. The maximum absolute atomic E-state index is 13.6. The Kier molecular flexibility index (Phi) is 6.32. The van der Waals surface area contributed by atoms with E-state index in [2.05, 4.69) is 15.3 Å². The lowest BCUT2D eigenvalue weighted by molar-refractivity contribution is -0.118. The van der Waals surface area contributed by atoms with Crippen LogP contribution >= 0.6 is 0 Å². The van der Waals surface area contributed by atoms with E-state index in [-0.39, 0.29) is 36.8 Å². The lowest BCUT2D eigenvalue weighted by Gasteiger charge is -2.27. The standard InChI is InChI=1S/C24H25F2N3O3/c1-15-27-12-22(21(28-15)13-31-2)32-14-24(16-6-8-17(25)9-7-16)11-20(24)23(30)29-19-5-3-4-18(26)10-19/h3-6,8-10,12,16,20H,7,11,13-14H2,1-2H3,(H,29,30)/t16?,20-,24+/m0/s1. The molecule has 1 heterocycles. The molecular weight excluding hydrogens is 416 g/mol. The SMILES string of the molecule is COCc1nc(C)ncc1OC[C@@]1(C2C=CC(F)=CC2)C[C@H]1C(=O)Nc1cccc(F)c1. The number of hydrogen-bond donors (Lipinski definition) is 1. The molecule has 2 aliphatic rings. The average Bonchev–Trinajstić information content (AvgIpc) is 3.50. The van der Waals surface area contributed by atoms with Crippen molar-refractivity contribution in [1.29, 1.82) is 0 Å². The summed E-state index contributed by atoms with van der Waals surface area (Å²) in [6.07, 6.45) is 7.41. The average molecular weight is 441 g/mol. The van der Waals surface area contributed by atoms with Crippen molar-refractivity contribution in [2.45, 2.75) is 26.4 Å². The van der Waals surface area contributed by atoms with Gasteiger partial charge in [-0.2, -0.15) is 0 Å². The molecule has 32 heavy (non-hydrogen) atoms. The van der Waals surface area contributed by atoms with Crippen molar-refractivity contribution in [3.05, 3.63) is 71.9 Å². The van der Waals surface area contributed by atoms with Gasteiger partial charge in [0.25, 0.3) is 0 Å². The van der Waals surface area contributed by atoms with Gasteiger partial charge in [0.2, 0.25) is 5.91 Å². The van der Waals surface area contributed by atoms with Crippen LogP contribution in [0.2, 0.25) is 0 Å². The minimum Gasteiger partial charge on any atom is -0.489 e. The van der Waals surface area contributed by atoms with Gasteiger partial charge in [-0.3, -0.25) is 4.79 Å². The van der Waals surface area contributed by atoms with E-state index < -0.39 is 11.2 Å². The van der Waals surface area contributed by atoms with Crippen LogP contribution in [0.25, 0.3) is 0 Å². The number of hydrogen-bond acceptors (Lipinski definition) is 5. The molecule has 0 bridgehead atoms. The molecule has 1 unspecified atom stereocenters. The zero-order valence-electron chi connectivity index (χ0n) is 18.0. The number of ether oxygens (including phenoxy) is 2. The van der Waals surface area contributed by atoms with Crippen LogP contribution in [0.15, 0.2) is 54.5 Å². The van der Waals surface area contributed by atoms with E-state index in [1.165, 1.54) is 24.3 Å². The van der Waals surface area contributed by atoms with Crippen LogP contribution in [-0.4, -0.2) is 29.6 Å². The molecule has 0 aliphatic heterocycles. The van der Waals surface area contributed by atoms with Crippen molar-refractivity contribution in [2.24, 2.45) is 17.3 Å². The summed E-state index contributed by atoms with van der Waals surface area (Å²) < 4.78 is 38.4. The fourth-order valence-electron chi connectivity index (χ4n) is 4.25. The number of carbonyl (C=O) groups is 1. The monoisotopic (exact) mass is 441 g/mol. The van der Waals surface area contributed by atoms with Crippen LogP contribution in [0.3, 0.4) is 0 Å². The zero-order valence-corrected chi connectivity index (χ0v) is 18.0. The normalized spacial score (nSPS) is 24.1. The molecule has 1 aromatic heterocycles. The van der Waals surface area contributed by atoms with Crippen LogP contribution in [0, 0.1) is 30.0 Å². The topological polar surface area (TPSA) is 73.3 Å². The first-order valence-corrected chi connectivity index (χ1v) is 10.5. The third-order valence-electron chi connectivity index (χ3n) is 6.05. The highest BCUT2D eigenvalue weighted by Gasteiger charge is 2.62. The second-order valence-electron chi connectivity index (χ2n) is 8.23. The van der Waals surface area contributed by atoms with Crippen LogP contribution in [0.4, 0.5) is 14.5 Å². The number of aryl methyl sites for hydroxylation is 1. The van der Waals surface area contributed by atoms with Gasteiger partial charge in [-0.05, 0) is 56.0 Å². The third kappa shape index (κ3) is 4.70. The number of carbonyl (C=O) groups excluding carboxylic acids is 1. The van der Waals surface area contributed by atoms with Crippen molar-refractivity contribution in [3.63, 3.8) is 0 Å². The van der Waals surface area contributed by atoms with E-state index in [0.29, 0.717) is 35.8 Å². The Balaban J connectivity index is 1.53. The smallest absolute Gasteiger partial charge is 0.228 e. The lowest BCUT2D eigenvalue weighted by Crippen LogP contribution is -2.29. The fourth-order valence-corrected chi connectivity index (χ4v) is 4.25. The summed E-state index contributed by atoms with van der Waals surface area (Å²) in [6.45, 7) is 2.29. The minimum atomic E-state index is -0.514. The Bertz CT molecular complexity index is 1070. The van der Waals surface area contributed by atoms with Crippen LogP contribution in [0.5, 0.6) is 5.75 Å². The van der Waals surface area contributed by atoms with E-state index in [4.69, 9.17) is 9.47 Å². The number of amides is 1. The Labute approximate surface area is 185 Å². The van der Waals surface area contributed by atoms with Gasteiger partial charge in [-0.25, -0.2) is 18.7 Å². The van der Waals surface area contributed by atoms with E-state index >= 15 is 0 Å². The first-order chi connectivity index (χ1) is 15.4. The molecule has 0 saturated heterocycles. The lowest BCUT2D eigenvalue weighted by atomic mass is 9.82. The van der Waals surface area contributed by atoms with Gasteiger partial charge >= 0.3 is 0 Å². The first kappa shape index (κ1) is 22.1.